The first-order valence-electron chi connectivity index (χ1n) is 12.0. The predicted molar refractivity (Wildman–Crippen MR) is 141 cm³/mol. The fourth-order valence-electron chi connectivity index (χ4n) is 3.36. The summed E-state index contributed by atoms with van der Waals surface area (Å²) in [7, 11) is 0. The molecule has 0 saturated carbocycles. The highest BCUT2D eigenvalue weighted by Crippen LogP contribution is 2.12. The van der Waals surface area contributed by atoms with Gasteiger partial charge in [0.25, 0.3) is 0 Å². The number of rotatable bonds is 17. The Morgan fingerprint density at radius 2 is 1.25 bits per heavy atom. The Hall–Kier alpha value is -4.93. The van der Waals surface area contributed by atoms with E-state index in [-0.39, 0.29) is 31.1 Å². The van der Waals surface area contributed by atoms with Crippen LogP contribution in [0.4, 0.5) is 0 Å². The first-order chi connectivity index (χ1) is 18.7. The van der Waals surface area contributed by atoms with Crippen molar-refractivity contribution in [1.82, 2.24) is 16.0 Å². The number of primary amides is 2. The summed E-state index contributed by atoms with van der Waals surface area (Å²) in [4.78, 5) is 76.9. The molecule has 1 aromatic rings. The second kappa shape index (κ2) is 16.1. The van der Waals surface area contributed by atoms with Gasteiger partial charge in [0, 0.05) is 13.0 Å². The Kier molecular flexibility index (Phi) is 13.3. The molecule has 5 amide bonds. The van der Waals surface area contributed by atoms with Crippen LogP contribution in [0.1, 0.15) is 31.2 Å². The zero-order chi connectivity index (χ0) is 30.4. The predicted octanol–water partition coefficient (Wildman–Crippen LogP) is -4.39. The zero-order valence-electron chi connectivity index (χ0n) is 21.5. The molecule has 17 heteroatoms. The Bertz CT molecular complexity index is 1110. The number of benzene rings is 1. The van der Waals surface area contributed by atoms with Crippen LogP contribution in [-0.2, 0) is 35.2 Å². The third-order valence-electron chi connectivity index (χ3n) is 5.37. The Balaban J connectivity index is 2.97. The number of carbonyl (C=O) groups excluding carboxylic acids is 5. The summed E-state index contributed by atoms with van der Waals surface area (Å²) in [5.74, 6) is -6.55. The molecule has 4 atom stereocenters. The number of phenols is 1. The number of nitrogens with one attached hydrogen (secondary N) is 3. The van der Waals surface area contributed by atoms with E-state index in [1.807, 2.05) is 0 Å². The van der Waals surface area contributed by atoms with Crippen molar-refractivity contribution in [2.45, 2.75) is 56.3 Å². The summed E-state index contributed by atoms with van der Waals surface area (Å²) in [6, 6.07) is -0.284. The van der Waals surface area contributed by atoms with Gasteiger partial charge < -0.3 is 54.8 Å². The molecule has 0 aliphatic carbocycles. The number of hydrogen-bond acceptors (Lipinski definition) is 9. The number of aliphatic carboxylic acids is 1. The monoisotopic (exact) mass is 565 g/mol. The summed E-state index contributed by atoms with van der Waals surface area (Å²) >= 11 is 0. The Morgan fingerprint density at radius 3 is 1.70 bits per heavy atom. The van der Waals surface area contributed by atoms with Gasteiger partial charge in [-0.3, -0.25) is 29.0 Å². The van der Waals surface area contributed by atoms with Crippen LogP contribution in [0.3, 0.4) is 0 Å². The van der Waals surface area contributed by atoms with Crippen LogP contribution < -0.4 is 44.6 Å². The molecule has 4 unspecified atom stereocenters. The first kappa shape index (κ1) is 33.1. The largest absolute Gasteiger partial charge is 0.508 e. The van der Waals surface area contributed by atoms with Gasteiger partial charge in [0.05, 0.1) is 18.9 Å². The van der Waals surface area contributed by atoms with Crippen LogP contribution in [0, 0.1) is 0 Å². The van der Waals surface area contributed by atoms with Gasteiger partial charge in [-0.25, -0.2) is 4.79 Å². The van der Waals surface area contributed by atoms with E-state index in [1.54, 1.807) is 0 Å². The fraction of sp³-hybridized carbons (Fsp3) is 0.435. The van der Waals surface area contributed by atoms with E-state index in [9.17, 15) is 39.0 Å². The van der Waals surface area contributed by atoms with Gasteiger partial charge in [-0.05, 0) is 30.5 Å². The number of carboxylic acids is 1. The highest BCUT2D eigenvalue weighted by Gasteiger charge is 2.32. The molecule has 17 nitrogen and oxygen atoms in total. The lowest BCUT2D eigenvalue weighted by Crippen LogP contribution is -2.58. The summed E-state index contributed by atoms with van der Waals surface area (Å²) in [6.45, 7) is 0.197. The summed E-state index contributed by atoms with van der Waals surface area (Å²) in [6.07, 6.45) is -1.15. The Morgan fingerprint density at radius 1 is 0.775 bits per heavy atom. The molecule has 0 fully saturated rings. The highest BCUT2D eigenvalue weighted by molar-refractivity contribution is 5.97. The third-order valence-corrected chi connectivity index (χ3v) is 5.37. The molecule has 0 aromatic heterocycles. The highest BCUT2D eigenvalue weighted by atomic mass is 16.4. The van der Waals surface area contributed by atoms with Crippen molar-refractivity contribution in [3.63, 3.8) is 0 Å². The van der Waals surface area contributed by atoms with Crippen LogP contribution in [-0.4, -0.2) is 82.4 Å². The van der Waals surface area contributed by atoms with E-state index >= 15 is 0 Å². The molecule has 1 aromatic carbocycles. The number of carbonyl (C=O) groups is 6. The molecule has 15 N–H and O–H groups in total. The van der Waals surface area contributed by atoms with Crippen LogP contribution in [0.2, 0.25) is 0 Å². The number of hydrogen-bond donors (Lipinski definition) is 10. The zero-order valence-corrected chi connectivity index (χ0v) is 21.5. The molecule has 0 spiro atoms. The molecule has 0 radical (unpaired) electrons. The van der Waals surface area contributed by atoms with Crippen molar-refractivity contribution in [3.05, 3.63) is 29.8 Å². The number of carboxylic acid groups (broad SMARTS) is 1. The standard InChI is InChI=1S/C23H35N9O8/c24-13(2-1-7-29-23(27)28)19(36)30-14(9-17(25)34)20(37)31-15(10-18(26)35)21(38)32-16(22(39)40)8-11-3-5-12(33)6-4-11/h3-6,13-16,33H,1-2,7-10,24H2,(H2,25,34)(H2,26,35)(H,30,36)(H,31,37)(H,32,38)(H,39,40)(H4,27,28,29). The minimum Gasteiger partial charge on any atom is -0.508 e. The van der Waals surface area contributed by atoms with Crippen molar-refractivity contribution in [2.75, 3.05) is 6.54 Å². The van der Waals surface area contributed by atoms with Gasteiger partial charge in [0.2, 0.25) is 29.5 Å². The lowest BCUT2D eigenvalue weighted by molar-refractivity contribution is -0.142. The molecule has 0 saturated heterocycles. The molecule has 1 rings (SSSR count). The fourth-order valence-corrected chi connectivity index (χ4v) is 3.36. The van der Waals surface area contributed by atoms with E-state index < -0.39 is 72.5 Å². The van der Waals surface area contributed by atoms with E-state index in [1.165, 1.54) is 24.3 Å². The van der Waals surface area contributed by atoms with E-state index in [4.69, 9.17) is 28.7 Å². The number of amides is 5. The maximum atomic E-state index is 12.9. The van der Waals surface area contributed by atoms with Crippen molar-refractivity contribution >= 4 is 41.5 Å². The van der Waals surface area contributed by atoms with Gasteiger partial charge in [-0.15, -0.1) is 0 Å². The van der Waals surface area contributed by atoms with Gasteiger partial charge in [-0.1, -0.05) is 12.1 Å². The first-order valence-corrected chi connectivity index (χ1v) is 12.0. The molecule has 220 valence electrons. The minimum atomic E-state index is -1.66. The van der Waals surface area contributed by atoms with Gasteiger partial charge in [0.15, 0.2) is 5.96 Å². The second-order valence-electron chi connectivity index (χ2n) is 8.79. The molecular weight excluding hydrogens is 530 g/mol. The molecule has 0 bridgehead atoms. The van der Waals surface area contributed by atoms with E-state index in [0.717, 1.165) is 0 Å². The molecule has 0 aliphatic heterocycles. The van der Waals surface area contributed by atoms with Crippen molar-refractivity contribution in [3.8, 4) is 5.75 Å². The maximum absolute atomic E-state index is 12.9. The quantitative estimate of drug-likeness (QED) is 0.0488. The van der Waals surface area contributed by atoms with Crippen molar-refractivity contribution < 1.29 is 39.0 Å². The SMILES string of the molecule is NC(=O)CC(NC(=O)C(N)CCCN=C(N)N)C(=O)NC(CC(N)=O)C(=O)NC(Cc1ccc(O)cc1)C(=O)O. The molecule has 0 aliphatic rings. The number of nitrogens with zero attached hydrogens (tertiary/aromatic N) is 1. The third kappa shape index (κ3) is 12.5. The average molecular weight is 566 g/mol. The van der Waals surface area contributed by atoms with Crippen molar-refractivity contribution in [1.29, 1.82) is 0 Å². The second-order valence-corrected chi connectivity index (χ2v) is 8.79. The van der Waals surface area contributed by atoms with E-state index in [0.29, 0.717) is 12.0 Å². The van der Waals surface area contributed by atoms with Gasteiger partial charge >= 0.3 is 5.97 Å². The van der Waals surface area contributed by atoms with Crippen molar-refractivity contribution in [2.24, 2.45) is 33.7 Å². The number of phenolic OH excluding ortho intramolecular Hbond substituents is 1. The molecule has 40 heavy (non-hydrogen) atoms. The van der Waals surface area contributed by atoms with Crippen LogP contribution >= 0.6 is 0 Å². The van der Waals surface area contributed by atoms with Gasteiger partial charge in [-0.2, -0.15) is 0 Å². The molecule has 0 heterocycles. The lowest BCUT2D eigenvalue weighted by atomic mass is 10.0. The lowest BCUT2D eigenvalue weighted by Gasteiger charge is -2.24. The smallest absolute Gasteiger partial charge is 0.326 e. The number of nitrogens with two attached hydrogens (primary N) is 5. The maximum Gasteiger partial charge on any atom is 0.326 e. The summed E-state index contributed by atoms with van der Waals surface area (Å²) < 4.78 is 0. The van der Waals surface area contributed by atoms with Gasteiger partial charge in [0.1, 0.15) is 23.9 Å². The number of aliphatic imine (C=N–C) groups is 1. The minimum absolute atomic E-state index is 0.0478. The average Bonchev–Trinajstić information content (AvgIpc) is 2.85. The normalized spacial score (nSPS) is 13.5. The van der Waals surface area contributed by atoms with Crippen LogP contribution in [0.5, 0.6) is 5.75 Å². The Labute approximate surface area is 228 Å². The van der Waals surface area contributed by atoms with Crippen LogP contribution in [0.25, 0.3) is 0 Å². The summed E-state index contributed by atoms with van der Waals surface area (Å²) in [5, 5.41) is 25.6. The topological polar surface area (TPSA) is 321 Å². The van der Waals surface area contributed by atoms with E-state index in [2.05, 4.69) is 20.9 Å². The summed E-state index contributed by atoms with van der Waals surface area (Å²) in [5.41, 5.74) is 27.1. The van der Waals surface area contributed by atoms with Crippen LogP contribution in [0.15, 0.2) is 29.3 Å². The number of aromatic hydroxyl groups is 1. The molecular formula is C23H35N9O8. The number of guanidine groups is 1.